The quantitative estimate of drug-likeness (QED) is 0.401. The summed E-state index contributed by atoms with van der Waals surface area (Å²) in [4.78, 5) is 11.4. The molecule has 7 nitrogen and oxygen atoms in total. The van der Waals surface area contributed by atoms with Crippen molar-refractivity contribution >= 4 is 23.0 Å². The molecule has 0 bridgehead atoms. The normalized spacial score (nSPS) is 11.1. The molecule has 28 heavy (non-hydrogen) atoms. The van der Waals surface area contributed by atoms with E-state index in [1.54, 1.807) is 10.2 Å². The van der Waals surface area contributed by atoms with Crippen LogP contribution in [0.3, 0.4) is 0 Å². The van der Waals surface area contributed by atoms with E-state index < -0.39 is 5.91 Å². The van der Waals surface area contributed by atoms with E-state index in [0.29, 0.717) is 17.3 Å². The van der Waals surface area contributed by atoms with E-state index in [1.165, 1.54) is 0 Å². The van der Waals surface area contributed by atoms with Crippen molar-refractivity contribution in [2.45, 2.75) is 19.9 Å². The van der Waals surface area contributed by atoms with Gasteiger partial charge < -0.3 is 0 Å². The minimum Gasteiger partial charge on any atom is -0.289 e. The van der Waals surface area contributed by atoms with Crippen LogP contribution in [0.2, 0.25) is 5.02 Å². The number of nitrogens with one attached hydrogen (secondary N) is 1. The Balaban J connectivity index is 1.71. The van der Waals surface area contributed by atoms with Crippen LogP contribution >= 0.6 is 11.6 Å². The van der Waals surface area contributed by atoms with Crippen LogP contribution in [0.4, 0.5) is 0 Å². The zero-order valence-electron chi connectivity index (χ0n) is 15.1. The summed E-state index contributed by atoms with van der Waals surface area (Å²) in [5.74, 6) is -0.505. The second kappa shape index (κ2) is 7.46. The summed E-state index contributed by atoms with van der Waals surface area (Å²) < 4.78 is 3.64. The van der Waals surface area contributed by atoms with Crippen LogP contribution < -0.4 is 5.48 Å². The van der Waals surface area contributed by atoms with Crippen molar-refractivity contribution < 1.29 is 10.0 Å². The summed E-state index contributed by atoms with van der Waals surface area (Å²) >= 11 is 6.33. The smallest absolute Gasteiger partial charge is 0.249 e. The Labute approximate surface area is 166 Å². The largest absolute Gasteiger partial charge is 0.289 e. The van der Waals surface area contributed by atoms with Gasteiger partial charge in [0.25, 0.3) is 0 Å². The minimum atomic E-state index is -0.505. The number of hydroxylamine groups is 1. The van der Waals surface area contributed by atoms with Crippen LogP contribution in [0, 0.1) is 6.92 Å². The highest BCUT2D eigenvalue weighted by molar-refractivity contribution is 6.31. The molecule has 0 unspecified atom stereocenters. The zero-order chi connectivity index (χ0) is 19.7. The van der Waals surface area contributed by atoms with Crippen molar-refractivity contribution in [2.24, 2.45) is 0 Å². The molecule has 0 spiro atoms. The Kier molecular flexibility index (Phi) is 4.85. The first-order valence-corrected chi connectivity index (χ1v) is 9.11. The monoisotopic (exact) mass is 395 g/mol. The van der Waals surface area contributed by atoms with Gasteiger partial charge in [-0.2, -0.15) is 10.2 Å². The van der Waals surface area contributed by atoms with Gasteiger partial charge in [0.1, 0.15) is 0 Å². The number of pyridine rings is 1. The molecule has 0 aliphatic rings. The van der Waals surface area contributed by atoms with Gasteiger partial charge in [-0.1, -0.05) is 41.9 Å². The Hall–Kier alpha value is -3.16. The van der Waals surface area contributed by atoms with Gasteiger partial charge >= 0.3 is 0 Å². The molecule has 0 aliphatic carbocycles. The first-order valence-electron chi connectivity index (χ1n) is 8.73. The number of rotatable bonds is 5. The Morgan fingerprint density at radius 1 is 1.14 bits per heavy atom. The second-order valence-corrected chi connectivity index (χ2v) is 6.98. The van der Waals surface area contributed by atoms with E-state index in [-0.39, 0.29) is 6.42 Å². The van der Waals surface area contributed by atoms with Gasteiger partial charge in [0, 0.05) is 16.3 Å². The van der Waals surface area contributed by atoms with Gasteiger partial charge in [0.15, 0.2) is 0 Å². The second-order valence-electron chi connectivity index (χ2n) is 6.54. The van der Waals surface area contributed by atoms with Gasteiger partial charge in [0.05, 0.1) is 35.6 Å². The first-order chi connectivity index (χ1) is 13.5. The molecule has 0 saturated carbocycles. The minimum absolute atomic E-state index is 0.00915. The number of nitrogens with zero attached hydrogens (tertiary/aromatic N) is 4. The first kappa shape index (κ1) is 18.2. The number of aryl methyl sites for hydroxylation is 1. The van der Waals surface area contributed by atoms with Crippen LogP contribution in [-0.2, 0) is 17.8 Å². The molecule has 0 aliphatic heterocycles. The van der Waals surface area contributed by atoms with E-state index in [9.17, 15) is 4.79 Å². The van der Waals surface area contributed by atoms with Crippen molar-refractivity contribution in [3.05, 3.63) is 76.7 Å². The van der Waals surface area contributed by atoms with E-state index in [4.69, 9.17) is 21.9 Å². The third-order valence-corrected chi connectivity index (χ3v) is 4.70. The molecule has 3 aromatic heterocycles. The number of hydrogen-bond donors (Lipinski definition) is 2. The lowest BCUT2D eigenvalue weighted by atomic mass is 10.1. The Morgan fingerprint density at radius 2 is 1.93 bits per heavy atom. The molecule has 3 heterocycles. The van der Waals surface area contributed by atoms with Crippen molar-refractivity contribution in [3.8, 4) is 11.3 Å². The van der Waals surface area contributed by atoms with Crippen LogP contribution in [-0.4, -0.2) is 30.5 Å². The standard InChI is InChI=1S/C20H18ClN5O2/c1-13-7-16(10-20(27)24-28)22-25(13)12-18-9-15(21)8-17-11-19(23-26(17)18)14-5-3-2-4-6-14/h2-9,11,28H,10,12H2,1H3,(H,24,27). The maximum atomic E-state index is 11.4. The summed E-state index contributed by atoms with van der Waals surface area (Å²) in [5.41, 5.74) is 6.75. The number of fused-ring (bicyclic) bond motifs is 1. The average molecular weight is 396 g/mol. The van der Waals surface area contributed by atoms with Crippen LogP contribution in [0.25, 0.3) is 16.8 Å². The zero-order valence-corrected chi connectivity index (χ0v) is 15.9. The fraction of sp³-hybridized carbons (Fsp3) is 0.150. The molecule has 4 rings (SSSR count). The highest BCUT2D eigenvalue weighted by Gasteiger charge is 2.13. The summed E-state index contributed by atoms with van der Waals surface area (Å²) in [5, 5.41) is 18.5. The van der Waals surface area contributed by atoms with Crippen LogP contribution in [0.1, 0.15) is 17.1 Å². The summed E-state index contributed by atoms with van der Waals surface area (Å²) in [7, 11) is 0. The van der Waals surface area contributed by atoms with Gasteiger partial charge in [0.2, 0.25) is 5.91 Å². The highest BCUT2D eigenvalue weighted by Crippen LogP contribution is 2.24. The number of carbonyl (C=O) groups excluding carboxylic acids is 1. The van der Waals surface area contributed by atoms with E-state index in [0.717, 1.165) is 28.2 Å². The lowest BCUT2D eigenvalue weighted by Gasteiger charge is -2.08. The van der Waals surface area contributed by atoms with E-state index in [2.05, 4.69) is 5.10 Å². The summed E-state index contributed by atoms with van der Waals surface area (Å²) in [6.45, 7) is 2.35. The summed E-state index contributed by atoms with van der Waals surface area (Å²) in [6.07, 6.45) is 0.00915. The topological polar surface area (TPSA) is 84.5 Å². The predicted molar refractivity (Wildman–Crippen MR) is 105 cm³/mol. The third kappa shape index (κ3) is 3.62. The van der Waals surface area contributed by atoms with Crippen molar-refractivity contribution in [2.75, 3.05) is 0 Å². The van der Waals surface area contributed by atoms with E-state index in [1.807, 2.05) is 66.0 Å². The number of aromatic nitrogens is 4. The molecular weight excluding hydrogens is 378 g/mol. The molecule has 0 fully saturated rings. The molecule has 0 radical (unpaired) electrons. The maximum Gasteiger partial charge on any atom is 0.249 e. The SMILES string of the molecule is Cc1cc(CC(=O)NO)nn1Cc1cc(Cl)cc2cc(-c3ccccc3)nn12. The molecule has 8 heteroatoms. The number of benzene rings is 1. The van der Waals surface area contributed by atoms with Gasteiger partial charge in [-0.25, -0.2) is 10.00 Å². The van der Waals surface area contributed by atoms with Crippen molar-refractivity contribution in [1.29, 1.82) is 0 Å². The van der Waals surface area contributed by atoms with Crippen LogP contribution in [0.5, 0.6) is 0 Å². The maximum absolute atomic E-state index is 11.4. The molecule has 0 saturated heterocycles. The summed E-state index contributed by atoms with van der Waals surface area (Å²) in [6, 6.07) is 17.5. The molecular formula is C20H18ClN5O2. The fourth-order valence-corrected chi connectivity index (χ4v) is 3.41. The molecule has 4 aromatic rings. The Morgan fingerprint density at radius 3 is 2.68 bits per heavy atom. The Bertz CT molecular complexity index is 1150. The fourth-order valence-electron chi connectivity index (χ4n) is 3.18. The lowest BCUT2D eigenvalue weighted by molar-refractivity contribution is -0.128. The van der Waals surface area contributed by atoms with Gasteiger partial charge in [-0.3, -0.25) is 14.7 Å². The highest BCUT2D eigenvalue weighted by atomic mass is 35.5. The molecule has 142 valence electrons. The van der Waals surface area contributed by atoms with Crippen molar-refractivity contribution in [1.82, 2.24) is 24.9 Å². The third-order valence-electron chi connectivity index (χ3n) is 4.48. The van der Waals surface area contributed by atoms with Gasteiger partial charge in [-0.05, 0) is 31.2 Å². The van der Waals surface area contributed by atoms with Crippen LogP contribution in [0.15, 0.2) is 54.6 Å². The lowest BCUT2D eigenvalue weighted by Crippen LogP contribution is -2.21. The average Bonchev–Trinajstić information content (AvgIpc) is 3.26. The molecule has 1 aromatic carbocycles. The predicted octanol–water partition coefficient (Wildman–Crippen LogP) is 3.26. The molecule has 1 amide bonds. The molecule has 0 atom stereocenters. The number of hydrogen-bond acceptors (Lipinski definition) is 4. The van der Waals surface area contributed by atoms with Crippen molar-refractivity contribution in [3.63, 3.8) is 0 Å². The molecule has 2 N–H and O–H groups in total. The van der Waals surface area contributed by atoms with E-state index >= 15 is 0 Å². The number of amides is 1. The number of halogens is 1. The van der Waals surface area contributed by atoms with Gasteiger partial charge in [-0.15, -0.1) is 0 Å². The number of carbonyl (C=O) groups is 1.